The molecule has 1 heterocycles. The van der Waals surface area contributed by atoms with Gasteiger partial charge in [-0.05, 0) is 17.7 Å². The number of hydrogen-bond donors (Lipinski definition) is 0. The molecule has 0 aliphatic rings. The van der Waals surface area contributed by atoms with Crippen LogP contribution in [0.5, 0.6) is 0 Å². The van der Waals surface area contributed by atoms with Crippen LogP contribution in [-0.2, 0) is 11.4 Å². The van der Waals surface area contributed by atoms with E-state index in [1.165, 1.54) is 0 Å². The predicted octanol–water partition coefficient (Wildman–Crippen LogP) is 5.08. The number of rotatable bonds is 5. The van der Waals surface area contributed by atoms with Crippen LogP contribution in [0.15, 0.2) is 90.2 Å². The van der Waals surface area contributed by atoms with Gasteiger partial charge in [-0.1, -0.05) is 85.7 Å². The van der Waals surface area contributed by atoms with Crippen molar-refractivity contribution >= 4 is 5.71 Å². The lowest BCUT2D eigenvalue weighted by Gasteiger charge is -2.06. The minimum absolute atomic E-state index is 0.435. The van der Waals surface area contributed by atoms with Crippen molar-refractivity contribution in [2.45, 2.75) is 20.5 Å². The molecule has 0 saturated carbocycles. The maximum atomic E-state index is 5.54. The van der Waals surface area contributed by atoms with Gasteiger partial charge in [0.1, 0.15) is 12.3 Å². The van der Waals surface area contributed by atoms with Crippen LogP contribution in [0.25, 0.3) is 0 Å². The smallest absolute Gasteiger partial charge is 0.142 e. The molecule has 24 heavy (non-hydrogen) atoms. The van der Waals surface area contributed by atoms with Crippen LogP contribution in [0.1, 0.15) is 30.7 Å². The van der Waals surface area contributed by atoms with Crippen LogP contribution < -0.4 is 0 Å². The second kappa shape index (κ2) is 9.95. The predicted molar refractivity (Wildman–Crippen MR) is 98.9 cm³/mol. The highest BCUT2D eigenvalue weighted by Crippen LogP contribution is 2.10. The summed E-state index contributed by atoms with van der Waals surface area (Å²) in [6.07, 6.45) is 1.75. The fourth-order valence-electron chi connectivity index (χ4n) is 2.09. The third-order valence-electron chi connectivity index (χ3n) is 3.18. The SMILES string of the molecule is CC.c1ccc(CO/N=C(\c2ccccc2)c2ccccn2)cc1. The molecule has 3 nitrogen and oxygen atoms in total. The molecule has 0 spiro atoms. The molecule has 3 heteroatoms. The minimum Gasteiger partial charge on any atom is -0.390 e. The number of benzene rings is 2. The molecule has 0 aliphatic heterocycles. The number of pyridine rings is 1. The van der Waals surface area contributed by atoms with E-state index in [1.54, 1.807) is 6.20 Å². The van der Waals surface area contributed by atoms with Gasteiger partial charge in [-0.3, -0.25) is 4.98 Å². The molecule has 0 atom stereocenters. The zero-order valence-corrected chi connectivity index (χ0v) is 14.1. The van der Waals surface area contributed by atoms with Crippen molar-refractivity contribution in [3.8, 4) is 0 Å². The molecule has 1 aromatic heterocycles. The third-order valence-corrected chi connectivity index (χ3v) is 3.18. The summed E-state index contributed by atoms with van der Waals surface area (Å²) in [6, 6.07) is 25.7. The Kier molecular flexibility index (Phi) is 7.22. The molecule has 0 radical (unpaired) electrons. The Morgan fingerprint density at radius 2 is 1.46 bits per heavy atom. The first-order valence-electron chi connectivity index (χ1n) is 8.14. The van der Waals surface area contributed by atoms with Crippen molar-refractivity contribution in [1.29, 1.82) is 0 Å². The summed E-state index contributed by atoms with van der Waals surface area (Å²) in [7, 11) is 0. The van der Waals surface area contributed by atoms with E-state index < -0.39 is 0 Å². The summed E-state index contributed by atoms with van der Waals surface area (Å²) in [5.74, 6) is 0. The molecular formula is C21H22N2O. The maximum absolute atomic E-state index is 5.54. The molecule has 0 aliphatic carbocycles. The number of oxime groups is 1. The summed E-state index contributed by atoms with van der Waals surface area (Å²) in [5, 5.41) is 4.31. The second-order valence-electron chi connectivity index (χ2n) is 4.78. The molecule has 2 aromatic carbocycles. The van der Waals surface area contributed by atoms with Gasteiger partial charge in [0.05, 0.1) is 5.69 Å². The van der Waals surface area contributed by atoms with Crippen LogP contribution in [0.3, 0.4) is 0 Å². The quantitative estimate of drug-likeness (QED) is 0.486. The van der Waals surface area contributed by atoms with Crippen LogP contribution in [0, 0.1) is 0 Å². The van der Waals surface area contributed by atoms with Gasteiger partial charge in [-0.25, -0.2) is 0 Å². The second-order valence-corrected chi connectivity index (χ2v) is 4.78. The molecule has 3 rings (SSSR count). The van der Waals surface area contributed by atoms with E-state index >= 15 is 0 Å². The molecule has 0 N–H and O–H groups in total. The molecule has 0 bridgehead atoms. The van der Waals surface area contributed by atoms with Gasteiger partial charge >= 0.3 is 0 Å². The molecular weight excluding hydrogens is 296 g/mol. The zero-order valence-electron chi connectivity index (χ0n) is 14.1. The van der Waals surface area contributed by atoms with E-state index in [0.29, 0.717) is 6.61 Å². The van der Waals surface area contributed by atoms with E-state index in [2.05, 4.69) is 10.1 Å². The largest absolute Gasteiger partial charge is 0.390 e. The zero-order chi connectivity index (χ0) is 17.0. The van der Waals surface area contributed by atoms with E-state index in [-0.39, 0.29) is 0 Å². The number of hydrogen-bond acceptors (Lipinski definition) is 3. The van der Waals surface area contributed by atoms with Gasteiger partial charge < -0.3 is 4.84 Å². The first kappa shape index (κ1) is 17.4. The highest BCUT2D eigenvalue weighted by molar-refractivity contribution is 6.11. The van der Waals surface area contributed by atoms with Gasteiger partial charge in [0.2, 0.25) is 0 Å². The highest BCUT2D eigenvalue weighted by atomic mass is 16.6. The fraction of sp³-hybridized carbons (Fsp3) is 0.143. The Morgan fingerprint density at radius 1 is 0.833 bits per heavy atom. The van der Waals surface area contributed by atoms with Crippen LogP contribution >= 0.6 is 0 Å². The van der Waals surface area contributed by atoms with Crippen molar-refractivity contribution in [3.05, 3.63) is 102 Å². The van der Waals surface area contributed by atoms with Crippen LogP contribution in [0.2, 0.25) is 0 Å². The van der Waals surface area contributed by atoms with Crippen molar-refractivity contribution in [2.75, 3.05) is 0 Å². The van der Waals surface area contributed by atoms with E-state index in [0.717, 1.165) is 22.5 Å². The Hall–Kier alpha value is -2.94. The molecule has 122 valence electrons. The molecule has 0 saturated heterocycles. The van der Waals surface area contributed by atoms with Crippen molar-refractivity contribution in [3.63, 3.8) is 0 Å². The van der Waals surface area contributed by atoms with Gasteiger partial charge in [0, 0.05) is 11.8 Å². The lowest BCUT2D eigenvalue weighted by atomic mass is 10.1. The minimum atomic E-state index is 0.435. The monoisotopic (exact) mass is 318 g/mol. The first-order chi connectivity index (χ1) is 11.9. The van der Waals surface area contributed by atoms with E-state index in [1.807, 2.05) is 92.7 Å². The van der Waals surface area contributed by atoms with Gasteiger partial charge in [0.15, 0.2) is 0 Å². The summed E-state index contributed by atoms with van der Waals surface area (Å²) in [5.41, 5.74) is 3.59. The van der Waals surface area contributed by atoms with Gasteiger partial charge in [0.25, 0.3) is 0 Å². The third kappa shape index (κ3) is 5.06. The Bertz CT molecular complexity index is 684. The Labute approximate surface area is 143 Å². The Balaban J connectivity index is 0.00000100. The van der Waals surface area contributed by atoms with Gasteiger partial charge in [-0.15, -0.1) is 0 Å². The maximum Gasteiger partial charge on any atom is 0.142 e. The average Bonchev–Trinajstić information content (AvgIpc) is 2.69. The normalized spacial score (nSPS) is 10.5. The summed E-state index contributed by atoms with van der Waals surface area (Å²) >= 11 is 0. The summed E-state index contributed by atoms with van der Waals surface area (Å²) in [4.78, 5) is 9.91. The number of aromatic nitrogens is 1. The molecule has 0 unspecified atom stereocenters. The fourth-order valence-corrected chi connectivity index (χ4v) is 2.09. The van der Waals surface area contributed by atoms with Crippen molar-refractivity contribution < 1.29 is 4.84 Å². The van der Waals surface area contributed by atoms with Gasteiger partial charge in [-0.2, -0.15) is 0 Å². The standard InChI is InChI=1S/C19H16N2O.C2H6/c1-3-9-16(10-4-1)15-22-21-19(17-11-5-2-6-12-17)18-13-7-8-14-20-18;1-2/h1-14H,15H2;1-2H3/b21-19+;. The molecule has 3 aromatic rings. The molecule has 0 amide bonds. The first-order valence-corrected chi connectivity index (χ1v) is 8.14. The van der Waals surface area contributed by atoms with E-state index in [4.69, 9.17) is 4.84 Å². The highest BCUT2D eigenvalue weighted by Gasteiger charge is 2.08. The van der Waals surface area contributed by atoms with Crippen LogP contribution in [-0.4, -0.2) is 10.7 Å². The van der Waals surface area contributed by atoms with Crippen molar-refractivity contribution in [2.24, 2.45) is 5.16 Å². The van der Waals surface area contributed by atoms with Crippen molar-refractivity contribution in [1.82, 2.24) is 4.98 Å². The molecule has 0 fully saturated rings. The van der Waals surface area contributed by atoms with Crippen LogP contribution in [0.4, 0.5) is 0 Å². The Morgan fingerprint density at radius 3 is 2.08 bits per heavy atom. The topological polar surface area (TPSA) is 34.5 Å². The van der Waals surface area contributed by atoms with E-state index in [9.17, 15) is 0 Å². The summed E-state index contributed by atoms with van der Waals surface area (Å²) < 4.78 is 0. The lowest BCUT2D eigenvalue weighted by molar-refractivity contribution is 0.131. The lowest BCUT2D eigenvalue weighted by Crippen LogP contribution is -2.06. The number of nitrogens with zero attached hydrogens (tertiary/aromatic N) is 2. The summed E-state index contributed by atoms with van der Waals surface area (Å²) in [6.45, 7) is 4.43. The average molecular weight is 318 g/mol.